The highest BCUT2D eigenvalue weighted by Gasteiger charge is 2.44. The molecule has 0 radical (unpaired) electrons. The number of nitrogens with zero attached hydrogens (tertiary/aromatic N) is 1. The lowest BCUT2D eigenvalue weighted by molar-refractivity contribution is -0.137. The molecule has 1 unspecified atom stereocenters. The van der Waals surface area contributed by atoms with Crippen molar-refractivity contribution in [2.75, 3.05) is 39.4 Å². The normalized spacial score (nSPS) is 22.6. The molecular formula is C20H30N2O3. The van der Waals surface area contributed by atoms with Gasteiger partial charge in [-0.2, -0.15) is 0 Å². The van der Waals surface area contributed by atoms with Crippen molar-refractivity contribution in [1.29, 1.82) is 0 Å². The van der Waals surface area contributed by atoms with Crippen LogP contribution in [0.25, 0.3) is 0 Å². The second-order valence-corrected chi connectivity index (χ2v) is 7.86. The van der Waals surface area contributed by atoms with Crippen LogP contribution < -0.4 is 5.32 Å². The second-order valence-electron chi connectivity index (χ2n) is 7.86. The first-order valence-electron chi connectivity index (χ1n) is 9.34. The van der Waals surface area contributed by atoms with Gasteiger partial charge in [-0.25, -0.2) is 0 Å². The Hall–Kier alpha value is -1.43. The molecule has 1 aliphatic carbocycles. The Labute approximate surface area is 150 Å². The lowest BCUT2D eigenvalue weighted by Gasteiger charge is -2.41. The molecule has 1 saturated carbocycles. The van der Waals surface area contributed by atoms with Crippen molar-refractivity contribution in [3.63, 3.8) is 0 Å². The molecule has 1 aromatic rings. The molecular weight excluding hydrogens is 316 g/mol. The summed E-state index contributed by atoms with van der Waals surface area (Å²) in [5.74, 6) is 0.0878. The summed E-state index contributed by atoms with van der Waals surface area (Å²) in [5.41, 5.74) is -0.0152. The van der Waals surface area contributed by atoms with Crippen LogP contribution in [0.2, 0.25) is 0 Å². The second kappa shape index (κ2) is 7.85. The van der Waals surface area contributed by atoms with Crippen LogP contribution in [0.4, 0.5) is 0 Å². The van der Waals surface area contributed by atoms with Crippen LogP contribution in [0.5, 0.6) is 0 Å². The molecule has 1 atom stereocenters. The lowest BCUT2D eigenvalue weighted by atomic mass is 9.64. The molecule has 0 spiro atoms. The van der Waals surface area contributed by atoms with E-state index >= 15 is 0 Å². The summed E-state index contributed by atoms with van der Waals surface area (Å²) in [4.78, 5) is 15.0. The minimum absolute atomic E-state index is 0.0878. The molecule has 3 rings (SSSR count). The van der Waals surface area contributed by atoms with Crippen molar-refractivity contribution in [1.82, 2.24) is 10.2 Å². The van der Waals surface area contributed by atoms with Gasteiger partial charge in [0.1, 0.15) is 0 Å². The Bertz CT molecular complexity index is 564. The van der Waals surface area contributed by atoms with E-state index in [4.69, 9.17) is 4.74 Å². The van der Waals surface area contributed by atoms with Gasteiger partial charge in [0.05, 0.1) is 24.2 Å². The number of β-amino-alcohol motifs (C(OH)–C–C–N with tert-alkyl or cyclic N) is 1. The van der Waals surface area contributed by atoms with Crippen LogP contribution >= 0.6 is 0 Å². The van der Waals surface area contributed by atoms with Crippen LogP contribution in [0.15, 0.2) is 30.3 Å². The lowest BCUT2D eigenvalue weighted by Crippen LogP contribution is -2.54. The van der Waals surface area contributed by atoms with Crippen molar-refractivity contribution in [2.24, 2.45) is 5.41 Å². The van der Waals surface area contributed by atoms with E-state index in [1.54, 1.807) is 6.92 Å². The third kappa shape index (κ3) is 4.81. The Kier molecular flexibility index (Phi) is 5.77. The summed E-state index contributed by atoms with van der Waals surface area (Å²) >= 11 is 0. The fourth-order valence-electron chi connectivity index (χ4n) is 3.83. The van der Waals surface area contributed by atoms with Crippen LogP contribution in [0, 0.1) is 5.41 Å². The van der Waals surface area contributed by atoms with Gasteiger partial charge in [-0.05, 0) is 31.7 Å². The van der Waals surface area contributed by atoms with Gasteiger partial charge in [0, 0.05) is 26.2 Å². The molecule has 0 aromatic heterocycles. The fraction of sp³-hybridized carbons (Fsp3) is 0.650. The van der Waals surface area contributed by atoms with E-state index in [9.17, 15) is 9.90 Å². The fourth-order valence-corrected chi connectivity index (χ4v) is 3.83. The number of hydrogen-bond acceptors (Lipinski definition) is 4. The van der Waals surface area contributed by atoms with E-state index in [1.807, 2.05) is 18.2 Å². The first-order chi connectivity index (χ1) is 12.0. The summed E-state index contributed by atoms with van der Waals surface area (Å²) in [7, 11) is 0. The molecule has 1 aliphatic heterocycles. The molecule has 2 N–H and O–H groups in total. The number of amides is 1. The number of carbonyl (C=O) groups excluding carboxylic acids is 1. The Balaban J connectivity index is 1.53. The van der Waals surface area contributed by atoms with Gasteiger partial charge in [0.2, 0.25) is 5.91 Å². The molecule has 138 valence electrons. The maximum atomic E-state index is 12.8. The maximum absolute atomic E-state index is 12.8. The smallest absolute Gasteiger partial charge is 0.226 e. The molecule has 1 saturated heterocycles. The van der Waals surface area contributed by atoms with Crippen LogP contribution in [0.3, 0.4) is 0 Å². The van der Waals surface area contributed by atoms with Gasteiger partial charge in [-0.15, -0.1) is 0 Å². The zero-order valence-electron chi connectivity index (χ0n) is 15.2. The average molecular weight is 346 g/mol. The monoisotopic (exact) mass is 346 g/mol. The van der Waals surface area contributed by atoms with Crippen LogP contribution in [-0.2, 0) is 16.0 Å². The molecule has 1 aromatic carbocycles. The standard InChI is InChI=1S/C20H30N2O3/c1-19(24,16-22-10-12-25-13-11-22)15-21-18(23)20(8-5-9-20)14-17-6-3-2-4-7-17/h2-4,6-7,24H,5,8-16H2,1H3,(H,21,23). The number of ether oxygens (including phenoxy) is 1. The Morgan fingerprint density at radius 2 is 1.96 bits per heavy atom. The van der Waals surface area contributed by atoms with Gasteiger partial charge in [0.15, 0.2) is 0 Å². The first kappa shape index (κ1) is 18.4. The maximum Gasteiger partial charge on any atom is 0.226 e. The molecule has 1 amide bonds. The van der Waals surface area contributed by atoms with Gasteiger partial charge in [0.25, 0.3) is 0 Å². The van der Waals surface area contributed by atoms with E-state index in [0.717, 1.165) is 38.8 Å². The molecule has 5 heteroatoms. The Morgan fingerprint density at radius 3 is 2.56 bits per heavy atom. The van der Waals surface area contributed by atoms with E-state index in [0.29, 0.717) is 26.3 Å². The minimum atomic E-state index is -0.926. The minimum Gasteiger partial charge on any atom is -0.387 e. The van der Waals surface area contributed by atoms with Crippen molar-refractivity contribution in [2.45, 2.75) is 38.2 Å². The Morgan fingerprint density at radius 1 is 1.28 bits per heavy atom. The zero-order chi connectivity index (χ0) is 17.8. The number of benzene rings is 1. The predicted molar refractivity (Wildman–Crippen MR) is 97.3 cm³/mol. The largest absolute Gasteiger partial charge is 0.387 e. The van der Waals surface area contributed by atoms with Crippen LogP contribution in [0.1, 0.15) is 31.7 Å². The van der Waals surface area contributed by atoms with Crippen molar-refractivity contribution < 1.29 is 14.6 Å². The topological polar surface area (TPSA) is 61.8 Å². The van der Waals surface area contributed by atoms with E-state index in [2.05, 4.69) is 22.3 Å². The summed E-state index contributed by atoms with van der Waals surface area (Å²) in [5, 5.41) is 13.7. The summed E-state index contributed by atoms with van der Waals surface area (Å²) in [6.07, 6.45) is 3.74. The highest BCUT2D eigenvalue weighted by Crippen LogP contribution is 2.44. The molecule has 0 bridgehead atoms. The number of hydrogen-bond donors (Lipinski definition) is 2. The van der Waals surface area contributed by atoms with Crippen molar-refractivity contribution in [3.05, 3.63) is 35.9 Å². The van der Waals surface area contributed by atoms with Crippen molar-refractivity contribution >= 4 is 5.91 Å². The molecule has 5 nitrogen and oxygen atoms in total. The molecule has 2 fully saturated rings. The van der Waals surface area contributed by atoms with Gasteiger partial charge in [-0.3, -0.25) is 9.69 Å². The highest BCUT2D eigenvalue weighted by atomic mass is 16.5. The van der Waals surface area contributed by atoms with Gasteiger partial charge < -0.3 is 15.2 Å². The predicted octanol–water partition coefficient (Wildman–Crippen LogP) is 1.60. The van der Waals surface area contributed by atoms with E-state index in [-0.39, 0.29) is 11.3 Å². The zero-order valence-corrected chi connectivity index (χ0v) is 15.2. The summed E-state index contributed by atoms with van der Waals surface area (Å²) < 4.78 is 5.34. The third-order valence-corrected chi connectivity index (χ3v) is 5.48. The van der Waals surface area contributed by atoms with E-state index in [1.165, 1.54) is 5.56 Å². The van der Waals surface area contributed by atoms with Crippen molar-refractivity contribution in [3.8, 4) is 0 Å². The SMILES string of the molecule is CC(O)(CNC(=O)C1(Cc2ccccc2)CCC1)CN1CCOCC1. The summed E-state index contributed by atoms with van der Waals surface area (Å²) in [6.45, 7) is 5.74. The first-order valence-corrected chi connectivity index (χ1v) is 9.34. The van der Waals surface area contributed by atoms with Gasteiger partial charge in [-0.1, -0.05) is 36.8 Å². The molecule has 2 aliphatic rings. The number of carbonyl (C=O) groups is 1. The van der Waals surface area contributed by atoms with E-state index < -0.39 is 5.60 Å². The third-order valence-electron chi connectivity index (χ3n) is 5.48. The quantitative estimate of drug-likeness (QED) is 0.787. The summed E-state index contributed by atoms with van der Waals surface area (Å²) in [6, 6.07) is 10.2. The average Bonchev–Trinajstić information content (AvgIpc) is 2.57. The number of morpholine rings is 1. The molecule has 25 heavy (non-hydrogen) atoms. The van der Waals surface area contributed by atoms with Gasteiger partial charge >= 0.3 is 0 Å². The number of nitrogens with one attached hydrogen (secondary N) is 1. The van der Waals surface area contributed by atoms with Crippen LogP contribution in [-0.4, -0.2) is 60.9 Å². The molecule has 1 heterocycles. The number of rotatable bonds is 7. The number of aliphatic hydroxyl groups is 1. The highest BCUT2D eigenvalue weighted by molar-refractivity contribution is 5.84.